The summed E-state index contributed by atoms with van der Waals surface area (Å²) in [5, 5.41) is 10.2. The van der Waals surface area contributed by atoms with E-state index in [9.17, 15) is 13.5 Å². The molecule has 5 nitrogen and oxygen atoms in total. The fourth-order valence-corrected chi connectivity index (χ4v) is 4.33. The molecule has 0 saturated carbocycles. The molecule has 2 rings (SSSR count). The Bertz CT molecular complexity index is 542. The fourth-order valence-electron chi connectivity index (χ4n) is 2.53. The number of hydrogen-bond donors (Lipinski definition) is 2. The van der Waals surface area contributed by atoms with E-state index in [0.29, 0.717) is 19.5 Å². The number of rotatable bonds is 5. The van der Waals surface area contributed by atoms with E-state index in [1.807, 2.05) is 36.2 Å². The molecule has 2 atom stereocenters. The summed E-state index contributed by atoms with van der Waals surface area (Å²) in [5.41, 5.74) is 7.39. The zero-order valence-corrected chi connectivity index (χ0v) is 12.5. The van der Waals surface area contributed by atoms with E-state index < -0.39 is 15.9 Å². The summed E-state index contributed by atoms with van der Waals surface area (Å²) in [7, 11) is -1.02. The Kier molecular flexibility index (Phi) is 4.80. The molecule has 2 unspecified atom stereocenters. The van der Waals surface area contributed by atoms with Gasteiger partial charge in [-0.05, 0) is 24.6 Å². The zero-order chi connectivity index (χ0) is 14.8. The number of benzene rings is 1. The predicted octanol–water partition coefficient (Wildman–Crippen LogP) is 0.298. The van der Waals surface area contributed by atoms with Crippen LogP contribution in [0.3, 0.4) is 0 Å². The highest BCUT2D eigenvalue weighted by Gasteiger charge is 2.31. The van der Waals surface area contributed by atoms with Gasteiger partial charge in [0.15, 0.2) is 9.84 Å². The average molecular weight is 298 g/mol. The van der Waals surface area contributed by atoms with Crippen molar-refractivity contribution in [3.63, 3.8) is 0 Å². The molecule has 1 heterocycles. The first kappa shape index (κ1) is 15.4. The molecule has 1 fully saturated rings. The molecule has 1 aliphatic heterocycles. The van der Waals surface area contributed by atoms with Gasteiger partial charge >= 0.3 is 0 Å². The third-order valence-electron chi connectivity index (χ3n) is 3.89. The number of sulfone groups is 1. The summed E-state index contributed by atoms with van der Waals surface area (Å²) in [6, 6.07) is 7.55. The summed E-state index contributed by atoms with van der Waals surface area (Å²) >= 11 is 0. The Morgan fingerprint density at radius 1 is 1.40 bits per heavy atom. The van der Waals surface area contributed by atoms with Gasteiger partial charge in [-0.25, -0.2) is 8.42 Å². The second-order valence-electron chi connectivity index (χ2n) is 5.46. The standard InChI is InChI=1S/C14H22N2O3S/c1-16(13-6-7-20(18,19)10-13)9-14(17)12-4-2-11(8-15)3-5-12/h2-5,13-14,17H,6-10,15H2,1H3. The van der Waals surface area contributed by atoms with Crippen molar-refractivity contribution in [3.8, 4) is 0 Å². The van der Waals surface area contributed by atoms with Gasteiger partial charge in [-0.15, -0.1) is 0 Å². The molecular formula is C14H22N2O3S. The highest BCUT2D eigenvalue weighted by molar-refractivity contribution is 7.91. The molecule has 0 radical (unpaired) electrons. The zero-order valence-electron chi connectivity index (χ0n) is 11.7. The van der Waals surface area contributed by atoms with Crippen LogP contribution in [0.5, 0.6) is 0 Å². The third kappa shape index (κ3) is 3.79. The number of nitrogens with two attached hydrogens (primary N) is 1. The lowest BCUT2D eigenvalue weighted by atomic mass is 10.1. The smallest absolute Gasteiger partial charge is 0.151 e. The largest absolute Gasteiger partial charge is 0.387 e. The van der Waals surface area contributed by atoms with Crippen molar-refractivity contribution < 1.29 is 13.5 Å². The minimum absolute atomic E-state index is 0.0120. The molecule has 3 N–H and O–H groups in total. The van der Waals surface area contributed by atoms with Gasteiger partial charge in [0.05, 0.1) is 17.6 Å². The number of aliphatic hydroxyl groups excluding tert-OH is 1. The SMILES string of the molecule is CN(CC(O)c1ccc(CN)cc1)C1CCS(=O)(=O)C1. The van der Waals surface area contributed by atoms with Gasteiger partial charge in [0.1, 0.15) is 0 Å². The van der Waals surface area contributed by atoms with Gasteiger partial charge in [0, 0.05) is 19.1 Å². The molecule has 20 heavy (non-hydrogen) atoms. The number of aliphatic hydroxyl groups is 1. The summed E-state index contributed by atoms with van der Waals surface area (Å²) < 4.78 is 22.9. The molecule has 0 aromatic heterocycles. The van der Waals surface area contributed by atoms with Crippen molar-refractivity contribution >= 4 is 9.84 Å². The summed E-state index contributed by atoms with van der Waals surface area (Å²) in [6.07, 6.45) is 0.0348. The Hall–Kier alpha value is -0.950. The van der Waals surface area contributed by atoms with Gasteiger partial charge in [-0.2, -0.15) is 0 Å². The number of likely N-dealkylation sites (N-methyl/N-ethyl adjacent to an activating group) is 1. The Morgan fingerprint density at radius 3 is 2.55 bits per heavy atom. The van der Waals surface area contributed by atoms with Crippen LogP contribution in [-0.4, -0.2) is 49.6 Å². The Labute approximate surface area is 120 Å². The Morgan fingerprint density at radius 2 is 2.05 bits per heavy atom. The number of nitrogens with zero attached hydrogens (tertiary/aromatic N) is 1. The van der Waals surface area contributed by atoms with E-state index in [0.717, 1.165) is 11.1 Å². The van der Waals surface area contributed by atoms with Crippen molar-refractivity contribution in [2.45, 2.75) is 25.1 Å². The molecular weight excluding hydrogens is 276 g/mol. The predicted molar refractivity (Wildman–Crippen MR) is 79.0 cm³/mol. The molecule has 1 aromatic carbocycles. The van der Waals surface area contributed by atoms with Crippen molar-refractivity contribution in [1.29, 1.82) is 0 Å². The van der Waals surface area contributed by atoms with Crippen molar-refractivity contribution in [3.05, 3.63) is 35.4 Å². The molecule has 6 heteroatoms. The summed E-state index contributed by atoms with van der Waals surface area (Å²) in [5.74, 6) is 0.450. The maximum Gasteiger partial charge on any atom is 0.151 e. The van der Waals surface area contributed by atoms with Crippen LogP contribution in [0, 0.1) is 0 Å². The molecule has 0 amide bonds. The molecule has 0 aliphatic carbocycles. The summed E-state index contributed by atoms with van der Waals surface area (Å²) in [4.78, 5) is 1.94. The second kappa shape index (κ2) is 6.22. The van der Waals surface area contributed by atoms with Gasteiger partial charge in [0.25, 0.3) is 0 Å². The topological polar surface area (TPSA) is 83.6 Å². The van der Waals surface area contributed by atoms with Crippen LogP contribution < -0.4 is 5.73 Å². The van der Waals surface area contributed by atoms with Gasteiger partial charge in [-0.3, -0.25) is 4.90 Å². The average Bonchev–Trinajstić information content (AvgIpc) is 2.79. The van der Waals surface area contributed by atoms with Gasteiger partial charge in [0.2, 0.25) is 0 Å². The molecule has 1 aromatic rings. The van der Waals surface area contributed by atoms with Crippen LogP contribution >= 0.6 is 0 Å². The van der Waals surface area contributed by atoms with Gasteiger partial charge in [-0.1, -0.05) is 24.3 Å². The van der Waals surface area contributed by atoms with Crippen LogP contribution in [0.15, 0.2) is 24.3 Å². The number of hydrogen-bond acceptors (Lipinski definition) is 5. The first-order valence-corrected chi connectivity index (χ1v) is 8.61. The van der Waals surface area contributed by atoms with E-state index in [1.165, 1.54) is 0 Å². The van der Waals surface area contributed by atoms with E-state index in [4.69, 9.17) is 5.73 Å². The van der Waals surface area contributed by atoms with Crippen molar-refractivity contribution in [2.24, 2.45) is 5.73 Å². The van der Waals surface area contributed by atoms with Crippen LogP contribution in [-0.2, 0) is 16.4 Å². The minimum atomic E-state index is -2.89. The van der Waals surface area contributed by atoms with Crippen molar-refractivity contribution in [2.75, 3.05) is 25.1 Å². The fraction of sp³-hybridized carbons (Fsp3) is 0.571. The maximum atomic E-state index is 11.5. The quantitative estimate of drug-likeness (QED) is 0.817. The highest BCUT2D eigenvalue weighted by Crippen LogP contribution is 2.20. The van der Waals surface area contributed by atoms with Crippen LogP contribution in [0.1, 0.15) is 23.7 Å². The van der Waals surface area contributed by atoms with E-state index in [1.54, 1.807) is 0 Å². The molecule has 1 aliphatic rings. The van der Waals surface area contributed by atoms with Crippen LogP contribution in [0.25, 0.3) is 0 Å². The highest BCUT2D eigenvalue weighted by atomic mass is 32.2. The normalized spacial score (nSPS) is 23.1. The van der Waals surface area contributed by atoms with Crippen LogP contribution in [0.2, 0.25) is 0 Å². The Balaban J connectivity index is 1.95. The molecule has 112 valence electrons. The first-order chi connectivity index (χ1) is 9.41. The third-order valence-corrected chi connectivity index (χ3v) is 5.64. The lowest BCUT2D eigenvalue weighted by Crippen LogP contribution is -2.35. The van der Waals surface area contributed by atoms with Crippen LogP contribution in [0.4, 0.5) is 0 Å². The molecule has 0 spiro atoms. The summed E-state index contributed by atoms with van der Waals surface area (Å²) in [6.45, 7) is 0.915. The maximum absolute atomic E-state index is 11.5. The van der Waals surface area contributed by atoms with E-state index >= 15 is 0 Å². The monoisotopic (exact) mass is 298 g/mol. The van der Waals surface area contributed by atoms with E-state index in [2.05, 4.69) is 0 Å². The molecule has 0 bridgehead atoms. The minimum Gasteiger partial charge on any atom is -0.387 e. The molecule has 1 saturated heterocycles. The van der Waals surface area contributed by atoms with Gasteiger partial charge < -0.3 is 10.8 Å². The lowest BCUT2D eigenvalue weighted by Gasteiger charge is -2.25. The van der Waals surface area contributed by atoms with E-state index in [-0.39, 0.29) is 17.5 Å². The van der Waals surface area contributed by atoms with Crippen molar-refractivity contribution in [1.82, 2.24) is 4.90 Å². The lowest BCUT2D eigenvalue weighted by molar-refractivity contribution is 0.110. The first-order valence-electron chi connectivity index (χ1n) is 6.79. The second-order valence-corrected chi connectivity index (χ2v) is 7.69.